The van der Waals surface area contributed by atoms with E-state index in [1.165, 1.54) is 11.3 Å². The van der Waals surface area contributed by atoms with Crippen molar-refractivity contribution >= 4 is 17.3 Å². The van der Waals surface area contributed by atoms with E-state index in [0.29, 0.717) is 6.54 Å². The molecule has 5 nitrogen and oxygen atoms in total. The van der Waals surface area contributed by atoms with E-state index in [9.17, 15) is 4.79 Å². The summed E-state index contributed by atoms with van der Waals surface area (Å²) in [6, 6.07) is 16.3. The van der Waals surface area contributed by atoms with Crippen LogP contribution in [0.25, 0.3) is 0 Å². The number of hydrogen-bond donors (Lipinski definition) is 1. The Morgan fingerprint density at radius 2 is 1.74 bits per heavy atom. The number of benzene rings is 2. The van der Waals surface area contributed by atoms with Crippen molar-refractivity contribution in [3.8, 4) is 5.75 Å². The lowest BCUT2D eigenvalue weighted by molar-refractivity contribution is -0.117. The van der Waals surface area contributed by atoms with Gasteiger partial charge >= 0.3 is 0 Å². The van der Waals surface area contributed by atoms with Crippen molar-refractivity contribution < 1.29 is 9.53 Å². The van der Waals surface area contributed by atoms with Gasteiger partial charge in [-0.1, -0.05) is 19.1 Å². The number of rotatable bonds is 6. The number of ether oxygens (including phenoxy) is 1. The highest BCUT2D eigenvalue weighted by Crippen LogP contribution is 2.20. The molecule has 0 bridgehead atoms. The van der Waals surface area contributed by atoms with E-state index in [0.717, 1.165) is 50.5 Å². The first-order valence-electron chi connectivity index (χ1n) is 9.68. The van der Waals surface area contributed by atoms with Gasteiger partial charge in [0.25, 0.3) is 0 Å². The van der Waals surface area contributed by atoms with E-state index < -0.39 is 0 Å². The van der Waals surface area contributed by atoms with Crippen molar-refractivity contribution in [1.29, 1.82) is 0 Å². The number of carbonyl (C=O) groups is 1. The molecule has 1 aliphatic rings. The fourth-order valence-corrected chi connectivity index (χ4v) is 3.41. The molecule has 1 heterocycles. The first kappa shape index (κ1) is 19.2. The van der Waals surface area contributed by atoms with Crippen molar-refractivity contribution in [2.75, 3.05) is 50.1 Å². The van der Waals surface area contributed by atoms with Gasteiger partial charge in [0.2, 0.25) is 5.91 Å². The van der Waals surface area contributed by atoms with E-state index >= 15 is 0 Å². The van der Waals surface area contributed by atoms with Crippen LogP contribution in [0.5, 0.6) is 5.75 Å². The number of nitrogens with zero attached hydrogens (tertiary/aromatic N) is 2. The SMILES string of the molecule is CCc1ccc(NC(=O)CN2CCCN(c3ccc(OC)cc3)CC2)cc1. The maximum absolute atomic E-state index is 12.4. The van der Waals surface area contributed by atoms with Crippen LogP contribution in [0, 0.1) is 0 Å². The van der Waals surface area contributed by atoms with E-state index in [1.54, 1.807) is 7.11 Å². The van der Waals surface area contributed by atoms with Crippen molar-refractivity contribution in [2.45, 2.75) is 19.8 Å². The lowest BCUT2D eigenvalue weighted by Gasteiger charge is -2.23. The third kappa shape index (κ3) is 5.47. The summed E-state index contributed by atoms with van der Waals surface area (Å²) in [5.41, 5.74) is 3.35. The zero-order valence-electron chi connectivity index (χ0n) is 16.3. The van der Waals surface area contributed by atoms with Crippen LogP contribution >= 0.6 is 0 Å². The molecule has 0 aromatic heterocycles. The maximum Gasteiger partial charge on any atom is 0.238 e. The number of hydrogen-bond acceptors (Lipinski definition) is 4. The van der Waals surface area contributed by atoms with Gasteiger partial charge in [-0.05, 0) is 54.8 Å². The van der Waals surface area contributed by atoms with E-state index in [-0.39, 0.29) is 5.91 Å². The van der Waals surface area contributed by atoms with Crippen LogP contribution in [0.2, 0.25) is 0 Å². The van der Waals surface area contributed by atoms with Crippen LogP contribution in [0.1, 0.15) is 18.9 Å². The third-order valence-corrected chi connectivity index (χ3v) is 5.04. The molecule has 0 radical (unpaired) electrons. The number of anilines is 2. The second kappa shape index (κ2) is 9.42. The van der Waals surface area contributed by atoms with Crippen LogP contribution in [0.4, 0.5) is 11.4 Å². The summed E-state index contributed by atoms with van der Waals surface area (Å²) in [5, 5.41) is 3.01. The number of carbonyl (C=O) groups excluding carboxylic acids is 1. The number of nitrogens with one attached hydrogen (secondary N) is 1. The molecular weight excluding hydrogens is 338 g/mol. The van der Waals surface area contributed by atoms with Gasteiger partial charge in [-0.3, -0.25) is 9.69 Å². The minimum atomic E-state index is 0.0529. The number of aryl methyl sites for hydroxylation is 1. The molecule has 0 saturated carbocycles. The first-order valence-corrected chi connectivity index (χ1v) is 9.68. The molecule has 5 heteroatoms. The summed E-state index contributed by atoms with van der Waals surface area (Å²) in [6.45, 7) is 6.31. The van der Waals surface area contributed by atoms with Crippen LogP contribution in [-0.2, 0) is 11.2 Å². The Labute approximate surface area is 161 Å². The molecule has 1 saturated heterocycles. The third-order valence-electron chi connectivity index (χ3n) is 5.04. The van der Waals surface area contributed by atoms with Crippen molar-refractivity contribution in [1.82, 2.24) is 4.90 Å². The van der Waals surface area contributed by atoms with Crippen LogP contribution in [0.3, 0.4) is 0 Å². The predicted molar refractivity (Wildman–Crippen MR) is 111 cm³/mol. The lowest BCUT2D eigenvalue weighted by atomic mass is 10.1. The Kier molecular flexibility index (Phi) is 6.71. The van der Waals surface area contributed by atoms with Gasteiger partial charge < -0.3 is 15.0 Å². The highest BCUT2D eigenvalue weighted by Gasteiger charge is 2.17. The molecule has 2 aromatic rings. The summed E-state index contributed by atoms with van der Waals surface area (Å²) < 4.78 is 5.23. The van der Waals surface area contributed by atoms with E-state index in [1.807, 2.05) is 24.3 Å². The highest BCUT2D eigenvalue weighted by atomic mass is 16.5. The fourth-order valence-electron chi connectivity index (χ4n) is 3.41. The minimum Gasteiger partial charge on any atom is -0.497 e. The summed E-state index contributed by atoms with van der Waals surface area (Å²) in [7, 11) is 1.68. The largest absolute Gasteiger partial charge is 0.497 e. The second-order valence-corrected chi connectivity index (χ2v) is 6.91. The zero-order chi connectivity index (χ0) is 19.1. The quantitative estimate of drug-likeness (QED) is 0.850. The molecule has 3 rings (SSSR count). The molecular formula is C22H29N3O2. The van der Waals surface area contributed by atoms with Gasteiger partial charge in [-0.2, -0.15) is 0 Å². The Balaban J connectivity index is 1.50. The molecule has 1 aliphatic heterocycles. The van der Waals surface area contributed by atoms with Gasteiger partial charge in [0.15, 0.2) is 0 Å². The van der Waals surface area contributed by atoms with Gasteiger partial charge in [0, 0.05) is 37.6 Å². The van der Waals surface area contributed by atoms with Gasteiger partial charge in [0.05, 0.1) is 13.7 Å². The monoisotopic (exact) mass is 367 g/mol. The summed E-state index contributed by atoms with van der Waals surface area (Å²) in [4.78, 5) is 17.0. The van der Waals surface area contributed by atoms with Crippen LogP contribution < -0.4 is 15.0 Å². The molecule has 27 heavy (non-hydrogen) atoms. The molecule has 2 aromatic carbocycles. The standard InChI is InChI=1S/C22H29N3O2/c1-3-18-5-7-19(8-6-18)23-22(26)17-24-13-4-14-25(16-15-24)20-9-11-21(27-2)12-10-20/h5-12H,3-4,13-17H2,1-2H3,(H,23,26). The average molecular weight is 367 g/mol. The Morgan fingerprint density at radius 1 is 1.00 bits per heavy atom. The lowest BCUT2D eigenvalue weighted by Crippen LogP contribution is -2.36. The van der Waals surface area contributed by atoms with Crippen molar-refractivity contribution in [2.24, 2.45) is 0 Å². The molecule has 0 atom stereocenters. The maximum atomic E-state index is 12.4. The molecule has 0 unspecified atom stereocenters. The van der Waals surface area contributed by atoms with Gasteiger partial charge in [-0.15, -0.1) is 0 Å². The van der Waals surface area contributed by atoms with Crippen LogP contribution in [-0.4, -0.2) is 50.6 Å². The molecule has 1 N–H and O–H groups in total. The fraction of sp³-hybridized carbons (Fsp3) is 0.409. The predicted octanol–water partition coefficient (Wildman–Crippen LogP) is 3.41. The topological polar surface area (TPSA) is 44.8 Å². The molecule has 144 valence electrons. The Hall–Kier alpha value is -2.53. The highest BCUT2D eigenvalue weighted by molar-refractivity contribution is 5.92. The normalized spacial score (nSPS) is 15.3. The van der Waals surface area contributed by atoms with Gasteiger partial charge in [-0.25, -0.2) is 0 Å². The number of amides is 1. The van der Waals surface area contributed by atoms with Crippen molar-refractivity contribution in [3.05, 3.63) is 54.1 Å². The average Bonchev–Trinajstić information content (AvgIpc) is 2.94. The zero-order valence-corrected chi connectivity index (χ0v) is 16.3. The summed E-state index contributed by atoms with van der Waals surface area (Å²) in [6.07, 6.45) is 2.05. The number of methoxy groups -OCH3 is 1. The molecule has 1 fully saturated rings. The molecule has 0 aliphatic carbocycles. The Morgan fingerprint density at radius 3 is 2.41 bits per heavy atom. The summed E-state index contributed by atoms with van der Waals surface area (Å²) in [5.74, 6) is 0.927. The van der Waals surface area contributed by atoms with Crippen molar-refractivity contribution in [3.63, 3.8) is 0 Å². The summed E-state index contributed by atoms with van der Waals surface area (Å²) >= 11 is 0. The molecule has 0 spiro atoms. The minimum absolute atomic E-state index is 0.0529. The Bertz CT molecular complexity index is 728. The second-order valence-electron chi connectivity index (χ2n) is 6.91. The first-order chi connectivity index (χ1) is 13.2. The van der Waals surface area contributed by atoms with E-state index in [2.05, 4.69) is 46.3 Å². The van der Waals surface area contributed by atoms with Crippen LogP contribution in [0.15, 0.2) is 48.5 Å². The molecule has 1 amide bonds. The van der Waals surface area contributed by atoms with Gasteiger partial charge in [0.1, 0.15) is 5.75 Å². The van der Waals surface area contributed by atoms with E-state index in [4.69, 9.17) is 4.74 Å². The smallest absolute Gasteiger partial charge is 0.238 e.